The van der Waals surface area contributed by atoms with Crippen molar-refractivity contribution in [2.75, 3.05) is 19.0 Å². The third-order valence-electron chi connectivity index (χ3n) is 3.50. The fraction of sp³-hybridized carbons (Fsp3) is 0.538. The lowest BCUT2D eigenvalue weighted by Crippen LogP contribution is -2.66. The van der Waals surface area contributed by atoms with Gasteiger partial charge in [0.15, 0.2) is 5.78 Å². The van der Waals surface area contributed by atoms with Crippen molar-refractivity contribution in [2.45, 2.75) is 17.7 Å². The van der Waals surface area contributed by atoms with Gasteiger partial charge < -0.3 is 15.2 Å². The zero-order valence-electron chi connectivity index (χ0n) is 12.4. The smallest absolute Gasteiger partial charge is 0.352 e. The van der Waals surface area contributed by atoms with Crippen LogP contribution in [0.3, 0.4) is 0 Å². The fourth-order valence-corrected chi connectivity index (χ4v) is 4.53. The van der Waals surface area contributed by atoms with Gasteiger partial charge in [-0.05, 0) is 0 Å². The number of β-lactam (4-membered cyclic amide) rings is 1. The van der Waals surface area contributed by atoms with Crippen LogP contribution >= 0.6 is 27.7 Å². The van der Waals surface area contributed by atoms with Gasteiger partial charge in [0.1, 0.15) is 22.4 Å². The third-order valence-corrected chi connectivity index (χ3v) is 5.48. The Morgan fingerprint density at radius 2 is 2.09 bits per heavy atom. The van der Waals surface area contributed by atoms with Gasteiger partial charge in [0.2, 0.25) is 11.8 Å². The van der Waals surface area contributed by atoms with Crippen LogP contribution < -0.4 is 5.32 Å². The number of carboxylic acid groups (broad SMARTS) is 1. The van der Waals surface area contributed by atoms with Gasteiger partial charge in [-0.1, -0.05) is 15.9 Å². The first-order chi connectivity index (χ1) is 10.8. The molecule has 0 radical (unpaired) electrons. The minimum Gasteiger partial charge on any atom is -0.477 e. The Morgan fingerprint density at radius 3 is 2.57 bits per heavy atom. The minimum atomic E-state index is -1.30. The van der Waals surface area contributed by atoms with E-state index in [4.69, 9.17) is 4.74 Å². The Morgan fingerprint density at radius 1 is 1.43 bits per heavy atom. The first kappa shape index (κ1) is 18.0. The highest BCUT2D eigenvalue weighted by Gasteiger charge is 2.58. The Bertz CT molecular complexity index is 607. The van der Waals surface area contributed by atoms with Gasteiger partial charge in [0.25, 0.3) is 0 Å². The van der Waals surface area contributed by atoms with E-state index < -0.39 is 28.5 Å². The van der Waals surface area contributed by atoms with Crippen LogP contribution in [-0.4, -0.2) is 63.4 Å². The molecule has 2 N–H and O–H groups in total. The van der Waals surface area contributed by atoms with Crippen molar-refractivity contribution in [1.29, 1.82) is 0 Å². The summed E-state index contributed by atoms with van der Waals surface area (Å²) in [7, 11) is 1.39. The Balaban J connectivity index is 2.45. The molecule has 2 unspecified atom stereocenters. The van der Waals surface area contributed by atoms with Crippen LogP contribution in [0.15, 0.2) is 11.3 Å². The molecule has 126 valence electrons. The van der Waals surface area contributed by atoms with Crippen LogP contribution in [0.2, 0.25) is 0 Å². The molecule has 0 spiro atoms. The molecule has 2 rings (SSSR count). The Labute approximate surface area is 144 Å². The predicted octanol–water partition coefficient (Wildman–Crippen LogP) is -0.0710. The average molecular weight is 407 g/mol. The standard InChI is InChI=1S/C13H15BrN2O6S/c1-5(17)15-10-6(4-22-2)9(13(20)21)16-11(19)8(7(18)3-14)12(16)23-10/h8,10,12H,3-4H2,1-2H3,(H,15,17)(H,20,21)/t8?,10?,12-/m1/s1. The van der Waals surface area contributed by atoms with E-state index in [1.54, 1.807) is 0 Å². The molecule has 3 atom stereocenters. The molecule has 2 aliphatic heterocycles. The van der Waals surface area contributed by atoms with Gasteiger partial charge in [-0.2, -0.15) is 0 Å². The first-order valence-electron chi connectivity index (χ1n) is 6.63. The summed E-state index contributed by atoms with van der Waals surface area (Å²) in [5.41, 5.74) is 0.0625. The molecule has 0 aromatic heterocycles. The summed E-state index contributed by atoms with van der Waals surface area (Å²) >= 11 is 4.19. The van der Waals surface area contributed by atoms with Gasteiger partial charge in [0.05, 0.1) is 11.9 Å². The highest BCUT2D eigenvalue weighted by molar-refractivity contribution is 9.09. The second-order valence-corrected chi connectivity index (χ2v) is 6.79. The van der Waals surface area contributed by atoms with Crippen LogP contribution in [0.25, 0.3) is 0 Å². The largest absolute Gasteiger partial charge is 0.477 e. The van der Waals surface area contributed by atoms with Crippen molar-refractivity contribution in [1.82, 2.24) is 10.2 Å². The lowest BCUT2D eigenvalue weighted by molar-refractivity contribution is -0.156. The number of carboxylic acids is 1. The van der Waals surface area contributed by atoms with Crippen LogP contribution in [0, 0.1) is 5.92 Å². The molecule has 0 aromatic carbocycles. The number of alkyl halides is 1. The topological polar surface area (TPSA) is 113 Å². The molecular formula is C13H15BrN2O6S. The van der Waals surface area contributed by atoms with Crippen molar-refractivity contribution >= 4 is 51.3 Å². The number of thioether (sulfide) groups is 1. The summed E-state index contributed by atoms with van der Waals surface area (Å²) < 4.78 is 5.01. The van der Waals surface area contributed by atoms with Crippen LogP contribution in [-0.2, 0) is 23.9 Å². The highest BCUT2D eigenvalue weighted by atomic mass is 79.9. The van der Waals surface area contributed by atoms with E-state index in [2.05, 4.69) is 21.2 Å². The molecule has 0 bridgehead atoms. The monoisotopic (exact) mass is 406 g/mol. The number of halogens is 1. The van der Waals surface area contributed by atoms with Crippen molar-refractivity contribution in [3.63, 3.8) is 0 Å². The summed E-state index contributed by atoms with van der Waals surface area (Å²) in [5.74, 6) is -3.40. The van der Waals surface area contributed by atoms with E-state index in [0.29, 0.717) is 0 Å². The average Bonchev–Trinajstić information content (AvgIpc) is 2.47. The number of ketones is 1. The van der Waals surface area contributed by atoms with E-state index >= 15 is 0 Å². The molecule has 0 aliphatic carbocycles. The molecule has 0 aromatic rings. The zero-order valence-corrected chi connectivity index (χ0v) is 14.8. The van der Waals surface area contributed by atoms with Gasteiger partial charge in [-0.15, -0.1) is 11.8 Å². The van der Waals surface area contributed by atoms with Crippen molar-refractivity contribution in [3.8, 4) is 0 Å². The second kappa shape index (κ2) is 7.02. The number of Topliss-reactive ketones (excluding diaryl/α,β-unsaturated/α-hetero) is 1. The van der Waals surface area contributed by atoms with Gasteiger partial charge in [-0.3, -0.25) is 19.3 Å². The maximum absolute atomic E-state index is 12.2. The maximum atomic E-state index is 12.2. The van der Waals surface area contributed by atoms with Crippen LogP contribution in [0.5, 0.6) is 0 Å². The van der Waals surface area contributed by atoms with E-state index in [-0.39, 0.29) is 34.9 Å². The predicted molar refractivity (Wildman–Crippen MR) is 84.7 cm³/mol. The third kappa shape index (κ3) is 3.15. The summed E-state index contributed by atoms with van der Waals surface area (Å²) in [5, 5.41) is 10.8. The van der Waals surface area contributed by atoms with E-state index in [9.17, 15) is 24.3 Å². The SMILES string of the molecule is COCC1=C(C(=O)O)N2C(=O)C(C(=O)CBr)[C@H]2SC1NC(C)=O. The molecular weight excluding hydrogens is 392 g/mol. The van der Waals surface area contributed by atoms with Crippen LogP contribution in [0.1, 0.15) is 6.92 Å². The van der Waals surface area contributed by atoms with E-state index in [0.717, 1.165) is 16.7 Å². The normalized spacial score (nSPS) is 26.5. The van der Waals surface area contributed by atoms with Gasteiger partial charge in [-0.25, -0.2) is 4.79 Å². The number of methoxy groups -OCH3 is 1. The fourth-order valence-electron chi connectivity index (χ4n) is 2.57. The molecule has 2 heterocycles. The number of hydrogen-bond acceptors (Lipinski definition) is 6. The summed E-state index contributed by atoms with van der Waals surface area (Å²) in [6, 6.07) is 0. The molecule has 23 heavy (non-hydrogen) atoms. The minimum absolute atomic E-state index is 0.0101. The quantitative estimate of drug-likeness (QED) is 0.360. The molecule has 0 saturated carbocycles. The summed E-state index contributed by atoms with van der Waals surface area (Å²) in [4.78, 5) is 48.2. The lowest BCUT2D eigenvalue weighted by Gasteiger charge is -2.50. The number of amides is 2. The lowest BCUT2D eigenvalue weighted by atomic mass is 9.92. The van der Waals surface area contributed by atoms with Crippen molar-refractivity contribution in [2.24, 2.45) is 5.92 Å². The second-order valence-electron chi connectivity index (χ2n) is 5.01. The molecule has 2 amide bonds. The van der Waals surface area contributed by atoms with Crippen molar-refractivity contribution in [3.05, 3.63) is 11.3 Å². The Kier molecular flexibility index (Phi) is 5.48. The van der Waals surface area contributed by atoms with Crippen molar-refractivity contribution < 1.29 is 29.0 Å². The number of fused-ring (bicyclic) bond motifs is 1. The summed E-state index contributed by atoms with van der Waals surface area (Å²) in [6.45, 7) is 1.26. The maximum Gasteiger partial charge on any atom is 0.352 e. The van der Waals surface area contributed by atoms with Gasteiger partial charge in [0, 0.05) is 19.6 Å². The van der Waals surface area contributed by atoms with E-state index in [1.165, 1.54) is 14.0 Å². The number of rotatable bonds is 6. The van der Waals surface area contributed by atoms with E-state index in [1.807, 2.05) is 0 Å². The van der Waals surface area contributed by atoms with Crippen LogP contribution in [0.4, 0.5) is 0 Å². The van der Waals surface area contributed by atoms with Gasteiger partial charge >= 0.3 is 5.97 Å². The summed E-state index contributed by atoms with van der Waals surface area (Å²) in [6.07, 6.45) is 0. The Hall–Kier alpha value is -1.39. The number of nitrogens with zero attached hydrogens (tertiary/aromatic N) is 1. The number of nitrogens with one attached hydrogen (secondary N) is 1. The zero-order chi connectivity index (χ0) is 17.3. The number of carbonyl (C=O) groups is 4. The first-order valence-corrected chi connectivity index (χ1v) is 8.69. The molecule has 1 fully saturated rings. The number of hydrogen-bond donors (Lipinski definition) is 2. The molecule has 2 aliphatic rings. The number of carbonyl (C=O) groups excluding carboxylic acids is 3. The number of aliphatic carboxylic acids is 1. The number of ether oxygens (including phenoxy) is 1. The highest BCUT2D eigenvalue weighted by Crippen LogP contribution is 2.46. The molecule has 1 saturated heterocycles. The molecule has 10 heteroatoms. The molecule has 8 nitrogen and oxygen atoms in total.